The fourth-order valence-corrected chi connectivity index (χ4v) is 1.91. The molecule has 2 rings (SSSR count). The number of imidazole rings is 1. The molecule has 0 saturated heterocycles. The molecule has 2 heterocycles. The van der Waals surface area contributed by atoms with E-state index in [-0.39, 0.29) is 0 Å². The number of ether oxygens (including phenoxy) is 1. The highest BCUT2D eigenvalue weighted by Gasteiger charge is 2.03. The maximum atomic E-state index is 5.47. The third-order valence-electron chi connectivity index (χ3n) is 2.45. The first kappa shape index (κ1) is 12.0. The lowest BCUT2D eigenvalue weighted by molar-refractivity contribution is 0.131. The molecule has 0 aliphatic heterocycles. The molecule has 4 nitrogen and oxygen atoms in total. The van der Waals surface area contributed by atoms with E-state index in [1.165, 1.54) is 0 Å². The number of rotatable bonds is 6. The minimum atomic E-state index is 0.631. The molecule has 2 aromatic rings. The second-order valence-corrected chi connectivity index (χ2v) is 4.03. The van der Waals surface area contributed by atoms with Gasteiger partial charge in [0.2, 0.25) is 0 Å². The number of fused-ring (bicyclic) bond motifs is 1. The van der Waals surface area contributed by atoms with Gasteiger partial charge in [-0.2, -0.15) is 0 Å². The third-order valence-corrected chi connectivity index (χ3v) is 2.78. The molecule has 0 saturated carbocycles. The van der Waals surface area contributed by atoms with Gasteiger partial charge in [0.05, 0.1) is 25.3 Å². The SMILES string of the molecule is C=CCCOCCn1c(=S)[nH]c2cccnc21. The van der Waals surface area contributed by atoms with Crippen LogP contribution in [0, 0.1) is 4.77 Å². The van der Waals surface area contributed by atoms with Crippen LogP contribution in [0.5, 0.6) is 0 Å². The van der Waals surface area contributed by atoms with Gasteiger partial charge in [-0.1, -0.05) is 6.08 Å². The molecule has 0 unspecified atom stereocenters. The number of aromatic nitrogens is 3. The largest absolute Gasteiger partial charge is 0.379 e. The number of hydrogen-bond donors (Lipinski definition) is 1. The minimum absolute atomic E-state index is 0.631. The zero-order chi connectivity index (χ0) is 12.1. The highest BCUT2D eigenvalue weighted by atomic mass is 32.1. The lowest BCUT2D eigenvalue weighted by Gasteiger charge is -2.04. The normalized spacial score (nSPS) is 10.8. The van der Waals surface area contributed by atoms with Gasteiger partial charge in [-0.3, -0.25) is 4.57 Å². The van der Waals surface area contributed by atoms with Crippen molar-refractivity contribution >= 4 is 23.4 Å². The average Bonchev–Trinajstić information content (AvgIpc) is 2.65. The lowest BCUT2D eigenvalue weighted by atomic mass is 10.4. The molecule has 0 atom stereocenters. The molecule has 0 spiro atoms. The van der Waals surface area contributed by atoms with Crippen LogP contribution in [0.15, 0.2) is 31.0 Å². The van der Waals surface area contributed by atoms with Crippen LogP contribution in [0.1, 0.15) is 6.42 Å². The van der Waals surface area contributed by atoms with Crippen molar-refractivity contribution in [2.45, 2.75) is 13.0 Å². The van der Waals surface area contributed by atoms with Crippen LogP contribution in [-0.2, 0) is 11.3 Å². The first-order valence-corrected chi connectivity index (χ1v) is 5.96. The Bertz CT molecular complexity index is 558. The minimum Gasteiger partial charge on any atom is -0.379 e. The number of pyridine rings is 1. The zero-order valence-corrected chi connectivity index (χ0v) is 10.4. The molecule has 2 aromatic heterocycles. The summed E-state index contributed by atoms with van der Waals surface area (Å²) in [4.78, 5) is 7.43. The smallest absolute Gasteiger partial charge is 0.179 e. The van der Waals surface area contributed by atoms with Crippen molar-refractivity contribution in [1.29, 1.82) is 0 Å². The van der Waals surface area contributed by atoms with Crippen LogP contribution in [0.4, 0.5) is 0 Å². The number of hydrogen-bond acceptors (Lipinski definition) is 3. The van der Waals surface area contributed by atoms with Gasteiger partial charge in [0.1, 0.15) is 0 Å². The monoisotopic (exact) mass is 249 g/mol. The summed E-state index contributed by atoms with van der Waals surface area (Å²) in [6.07, 6.45) is 4.48. The van der Waals surface area contributed by atoms with Crippen LogP contribution in [0.3, 0.4) is 0 Å². The van der Waals surface area contributed by atoms with Gasteiger partial charge in [-0.05, 0) is 30.8 Å². The molecule has 0 fully saturated rings. The summed E-state index contributed by atoms with van der Waals surface area (Å²) in [6.45, 7) is 5.69. The second kappa shape index (κ2) is 5.75. The Hall–Kier alpha value is -1.46. The first-order valence-electron chi connectivity index (χ1n) is 5.55. The predicted molar refractivity (Wildman–Crippen MR) is 70.6 cm³/mol. The van der Waals surface area contributed by atoms with E-state index < -0.39 is 0 Å². The summed E-state index contributed by atoms with van der Waals surface area (Å²) in [7, 11) is 0. The van der Waals surface area contributed by atoms with Crippen LogP contribution in [-0.4, -0.2) is 27.7 Å². The summed E-state index contributed by atoms with van der Waals surface area (Å²) in [5.41, 5.74) is 1.84. The number of aromatic amines is 1. The topological polar surface area (TPSA) is 42.8 Å². The fourth-order valence-electron chi connectivity index (χ4n) is 1.62. The highest BCUT2D eigenvalue weighted by molar-refractivity contribution is 7.71. The van der Waals surface area contributed by atoms with Crippen molar-refractivity contribution in [3.05, 3.63) is 35.8 Å². The first-order chi connectivity index (χ1) is 8.33. The molecule has 90 valence electrons. The Morgan fingerprint density at radius 1 is 1.53 bits per heavy atom. The van der Waals surface area contributed by atoms with Gasteiger partial charge >= 0.3 is 0 Å². The van der Waals surface area contributed by atoms with Crippen molar-refractivity contribution in [1.82, 2.24) is 14.5 Å². The zero-order valence-electron chi connectivity index (χ0n) is 9.56. The third kappa shape index (κ3) is 2.81. The van der Waals surface area contributed by atoms with Gasteiger partial charge in [0.15, 0.2) is 10.4 Å². The van der Waals surface area contributed by atoms with Crippen LogP contribution in [0.2, 0.25) is 0 Å². The van der Waals surface area contributed by atoms with Crippen molar-refractivity contribution in [3.8, 4) is 0 Å². The molecule has 1 N–H and O–H groups in total. The molecule has 0 amide bonds. The molecular weight excluding hydrogens is 234 g/mol. The number of nitrogens with zero attached hydrogens (tertiary/aromatic N) is 2. The molecule has 0 aliphatic carbocycles. The Labute approximate surface area is 105 Å². The second-order valence-electron chi connectivity index (χ2n) is 3.65. The molecule has 5 heteroatoms. The van der Waals surface area contributed by atoms with E-state index in [2.05, 4.69) is 16.5 Å². The Morgan fingerprint density at radius 2 is 2.41 bits per heavy atom. The standard InChI is InChI=1S/C12H15N3OS/c1-2-3-8-16-9-7-15-11-10(14-12(15)17)5-4-6-13-11/h2,4-6H,1,3,7-9H2,(H,14,17). The Morgan fingerprint density at radius 3 is 3.24 bits per heavy atom. The van der Waals surface area contributed by atoms with E-state index in [0.717, 1.165) is 17.6 Å². The maximum absolute atomic E-state index is 5.47. The summed E-state index contributed by atoms with van der Waals surface area (Å²) < 4.78 is 8.11. The Balaban J connectivity index is 2.05. The average molecular weight is 249 g/mol. The van der Waals surface area contributed by atoms with Crippen LogP contribution in [0.25, 0.3) is 11.2 Å². The van der Waals surface area contributed by atoms with E-state index in [9.17, 15) is 0 Å². The van der Waals surface area contributed by atoms with Crippen LogP contribution >= 0.6 is 12.2 Å². The van der Waals surface area contributed by atoms with E-state index >= 15 is 0 Å². The summed E-state index contributed by atoms with van der Waals surface area (Å²) >= 11 is 5.25. The van der Waals surface area contributed by atoms with Gasteiger partial charge in [-0.25, -0.2) is 4.98 Å². The van der Waals surface area contributed by atoms with Gasteiger partial charge in [-0.15, -0.1) is 6.58 Å². The van der Waals surface area contributed by atoms with Crippen molar-refractivity contribution < 1.29 is 4.74 Å². The van der Waals surface area contributed by atoms with E-state index in [4.69, 9.17) is 17.0 Å². The highest BCUT2D eigenvalue weighted by Crippen LogP contribution is 2.10. The van der Waals surface area contributed by atoms with Crippen molar-refractivity contribution in [3.63, 3.8) is 0 Å². The quantitative estimate of drug-likeness (QED) is 0.486. The molecule has 17 heavy (non-hydrogen) atoms. The number of nitrogens with one attached hydrogen (secondary N) is 1. The predicted octanol–water partition coefficient (Wildman–Crippen LogP) is 2.69. The van der Waals surface area contributed by atoms with E-state index in [0.29, 0.717) is 24.5 Å². The Kier molecular flexibility index (Phi) is 4.06. The molecular formula is C12H15N3OS. The van der Waals surface area contributed by atoms with Crippen LogP contribution < -0.4 is 0 Å². The number of H-pyrrole nitrogens is 1. The van der Waals surface area contributed by atoms with Gasteiger partial charge in [0, 0.05) is 6.20 Å². The van der Waals surface area contributed by atoms with E-state index in [1.54, 1.807) is 6.20 Å². The molecule has 0 aromatic carbocycles. The van der Waals surface area contributed by atoms with Gasteiger partial charge < -0.3 is 9.72 Å². The van der Waals surface area contributed by atoms with Gasteiger partial charge in [0.25, 0.3) is 0 Å². The fraction of sp³-hybridized carbons (Fsp3) is 0.333. The summed E-state index contributed by atoms with van der Waals surface area (Å²) in [6, 6.07) is 3.85. The summed E-state index contributed by atoms with van der Waals surface area (Å²) in [5, 5.41) is 0. The molecule has 0 radical (unpaired) electrons. The molecule has 0 aliphatic rings. The molecule has 0 bridgehead atoms. The van der Waals surface area contributed by atoms with Crippen molar-refractivity contribution in [2.75, 3.05) is 13.2 Å². The lowest BCUT2D eigenvalue weighted by Crippen LogP contribution is -2.07. The maximum Gasteiger partial charge on any atom is 0.179 e. The summed E-state index contributed by atoms with van der Waals surface area (Å²) in [5.74, 6) is 0. The van der Waals surface area contributed by atoms with Crippen molar-refractivity contribution in [2.24, 2.45) is 0 Å². The van der Waals surface area contributed by atoms with E-state index in [1.807, 2.05) is 22.8 Å².